The van der Waals surface area contributed by atoms with Crippen LogP contribution in [0, 0.1) is 5.92 Å². The molecule has 28 heavy (non-hydrogen) atoms. The summed E-state index contributed by atoms with van der Waals surface area (Å²) in [7, 11) is -3.53. The van der Waals surface area contributed by atoms with E-state index in [0.29, 0.717) is 48.2 Å². The van der Waals surface area contributed by atoms with Crippen molar-refractivity contribution in [1.82, 2.24) is 9.62 Å². The van der Waals surface area contributed by atoms with Crippen molar-refractivity contribution in [2.24, 2.45) is 5.92 Å². The molecule has 0 saturated carbocycles. The van der Waals surface area contributed by atoms with Crippen molar-refractivity contribution < 1.29 is 22.7 Å². The number of thiophene rings is 1. The number of hydrogen-bond acceptors (Lipinski definition) is 6. The van der Waals surface area contributed by atoms with Gasteiger partial charge in [-0.25, -0.2) is 8.42 Å². The summed E-state index contributed by atoms with van der Waals surface area (Å²) in [6.07, 6.45) is 1.07. The predicted octanol–water partition coefficient (Wildman–Crippen LogP) is 2.10. The third-order valence-corrected chi connectivity index (χ3v) is 8.15. The van der Waals surface area contributed by atoms with Crippen LogP contribution in [0.1, 0.15) is 12.8 Å². The number of carbonyl (C=O) groups is 1. The second-order valence-electron chi connectivity index (χ2n) is 6.88. The van der Waals surface area contributed by atoms with Crippen molar-refractivity contribution in [3.8, 4) is 11.5 Å². The lowest BCUT2D eigenvalue weighted by Crippen LogP contribution is -2.48. The Balaban J connectivity index is 1.33. The molecule has 4 rings (SSSR count). The van der Waals surface area contributed by atoms with Gasteiger partial charge in [0.1, 0.15) is 16.9 Å². The molecule has 1 amide bonds. The normalized spacial score (nSPS) is 22.6. The Bertz CT molecular complexity index is 930. The fraction of sp³-hybridized carbons (Fsp3) is 0.421. The molecule has 3 heterocycles. The van der Waals surface area contributed by atoms with Gasteiger partial charge in [0.05, 0.1) is 12.5 Å². The fourth-order valence-corrected chi connectivity index (χ4v) is 6.10. The number of fused-ring (bicyclic) bond motifs is 1. The van der Waals surface area contributed by atoms with Crippen LogP contribution in [0.4, 0.5) is 0 Å². The number of nitrogens with zero attached hydrogens (tertiary/aromatic N) is 1. The summed E-state index contributed by atoms with van der Waals surface area (Å²) in [5, 5.41) is 4.64. The summed E-state index contributed by atoms with van der Waals surface area (Å²) in [6.45, 7) is 1.33. The number of carbonyl (C=O) groups excluding carboxylic acids is 1. The predicted molar refractivity (Wildman–Crippen MR) is 105 cm³/mol. The molecule has 1 fully saturated rings. The largest absolute Gasteiger partial charge is 0.486 e. The van der Waals surface area contributed by atoms with E-state index in [1.54, 1.807) is 17.5 Å². The molecular formula is C19H22N2O5S2. The molecule has 1 aromatic carbocycles. The standard InChI is InChI=1S/C19H22N2O5S2/c22-19(20-11-15-13-25-16-6-1-2-7-17(16)26-15)14-5-3-9-21(12-14)28(23,24)18-8-4-10-27-18/h1-2,4,6-8,10,14-15H,3,5,9,11-13H2,(H,20,22)/t14-,15+/m1/s1. The van der Waals surface area contributed by atoms with E-state index < -0.39 is 10.0 Å². The highest BCUT2D eigenvalue weighted by atomic mass is 32.2. The zero-order valence-electron chi connectivity index (χ0n) is 15.2. The van der Waals surface area contributed by atoms with Crippen molar-refractivity contribution in [3.63, 3.8) is 0 Å². The number of piperidine rings is 1. The van der Waals surface area contributed by atoms with E-state index in [1.165, 1.54) is 15.6 Å². The zero-order chi connectivity index (χ0) is 19.6. The van der Waals surface area contributed by atoms with Gasteiger partial charge in [-0.1, -0.05) is 18.2 Å². The van der Waals surface area contributed by atoms with Gasteiger partial charge < -0.3 is 14.8 Å². The minimum Gasteiger partial charge on any atom is -0.486 e. The zero-order valence-corrected chi connectivity index (χ0v) is 16.9. The highest BCUT2D eigenvalue weighted by molar-refractivity contribution is 7.91. The van der Waals surface area contributed by atoms with Crippen LogP contribution >= 0.6 is 11.3 Å². The van der Waals surface area contributed by atoms with E-state index in [4.69, 9.17) is 9.47 Å². The Labute approximate surface area is 168 Å². The van der Waals surface area contributed by atoms with Crippen LogP contribution in [0.5, 0.6) is 11.5 Å². The number of rotatable bonds is 5. The van der Waals surface area contributed by atoms with Crippen molar-refractivity contribution in [3.05, 3.63) is 41.8 Å². The van der Waals surface area contributed by atoms with Crippen LogP contribution in [-0.2, 0) is 14.8 Å². The van der Waals surface area contributed by atoms with Crippen molar-refractivity contribution in [1.29, 1.82) is 0 Å². The summed E-state index contributed by atoms with van der Waals surface area (Å²) in [5.41, 5.74) is 0. The van der Waals surface area contributed by atoms with E-state index in [0.717, 1.165) is 0 Å². The number of nitrogens with one attached hydrogen (secondary N) is 1. The fourth-order valence-electron chi connectivity index (χ4n) is 3.43. The molecule has 0 bridgehead atoms. The Kier molecular flexibility index (Phi) is 5.56. The Morgan fingerprint density at radius 2 is 2.04 bits per heavy atom. The topological polar surface area (TPSA) is 84.9 Å². The molecule has 2 aliphatic rings. The van der Waals surface area contributed by atoms with Gasteiger partial charge in [0.2, 0.25) is 5.91 Å². The van der Waals surface area contributed by atoms with Gasteiger partial charge in [-0.15, -0.1) is 11.3 Å². The lowest BCUT2D eigenvalue weighted by atomic mass is 9.99. The minimum absolute atomic E-state index is 0.145. The number of amides is 1. The monoisotopic (exact) mass is 422 g/mol. The summed E-state index contributed by atoms with van der Waals surface area (Å²) < 4.78 is 38.7. The van der Waals surface area contributed by atoms with E-state index in [-0.39, 0.29) is 24.5 Å². The summed E-state index contributed by atoms with van der Waals surface area (Å²) in [4.78, 5) is 12.6. The first-order chi connectivity index (χ1) is 13.5. The van der Waals surface area contributed by atoms with Gasteiger partial charge in [0.15, 0.2) is 11.5 Å². The highest BCUT2D eigenvalue weighted by Gasteiger charge is 2.34. The smallest absolute Gasteiger partial charge is 0.252 e. The molecule has 2 aromatic rings. The molecule has 2 atom stereocenters. The van der Waals surface area contributed by atoms with Crippen molar-refractivity contribution >= 4 is 27.3 Å². The van der Waals surface area contributed by atoms with Gasteiger partial charge in [-0.05, 0) is 36.4 Å². The van der Waals surface area contributed by atoms with Crippen molar-refractivity contribution in [2.45, 2.75) is 23.2 Å². The number of benzene rings is 1. The molecule has 1 saturated heterocycles. The van der Waals surface area contributed by atoms with Crippen LogP contribution < -0.4 is 14.8 Å². The summed E-state index contributed by atoms with van der Waals surface area (Å²) in [5.74, 6) is 0.861. The molecule has 1 N–H and O–H groups in total. The second-order valence-corrected chi connectivity index (χ2v) is 9.99. The van der Waals surface area contributed by atoms with Gasteiger partial charge >= 0.3 is 0 Å². The maximum Gasteiger partial charge on any atom is 0.252 e. The Morgan fingerprint density at radius 3 is 2.82 bits per heavy atom. The van der Waals surface area contributed by atoms with E-state index in [2.05, 4.69) is 5.32 Å². The Morgan fingerprint density at radius 1 is 1.21 bits per heavy atom. The summed E-state index contributed by atoms with van der Waals surface area (Å²) >= 11 is 1.20. The number of para-hydroxylation sites is 2. The van der Waals surface area contributed by atoms with Crippen LogP contribution in [0.25, 0.3) is 0 Å². The maximum atomic E-state index is 12.7. The van der Waals surface area contributed by atoms with Gasteiger partial charge in [-0.3, -0.25) is 4.79 Å². The average molecular weight is 423 g/mol. The molecule has 2 aliphatic heterocycles. The van der Waals surface area contributed by atoms with Crippen LogP contribution in [0.15, 0.2) is 46.0 Å². The molecule has 150 valence electrons. The lowest BCUT2D eigenvalue weighted by Gasteiger charge is -2.31. The third kappa shape index (κ3) is 4.01. The first kappa shape index (κ1) is 19.2. The van der Waals surface area contributed by atoms with Crippen LogP contribution in [0.3, 0.4) is 0 Å². The Hall–Kier alpha value is -2.10. The molecule has 0 unspecified atom stereocenters. The summed E-state index contributed by atoms with van der Waals surface area (Å²) in [6, 6.07) is 10.7. The molecule has 7 nitrogen and oxygen atoms in total. The molecule has 0 spiro atoms. The van der Waals surface area contributed by atoms with Gasteiger partial charge in [0.25, 0.3) is 10.0 Å². The number of hydrogen-bond donors (Lipinski definition) is 1. The third-order valence-electron chi connectivity index (χ3n) is 4.92. The van der Waals surface area contributed by atoms with E-state index >= 15 is 0 Å². The molecular weight excluding hydrogens is 400 g/mol. The van der Waals surface area contributed by atoms with Crippen molar-refractivity contribution in [2.75, 3.05) is 26.2 Å². The molecule has 9 heteroatoms. The average Bonchev–Trinajstić information content (AvgIpc) is 3.28. The van der Waals surface area contributed by atoms with Crippen LogP contribution in [0.2, 0.25) is 0 Å². The first-order valence-electron chi connectivity index (χ1n) is 9.24. The van der Waals surface area contributed by atoms with E-state index in [9.17, 15) is 13.2 Å². The van der Waals surface area contributed by atoms with Crippen LogP contribution in [-0.4, -0.2) is 51.0 Å². The SMILES string of the molecule is O=C(NC[C@H]1COc2ccccc2O1)[C@@H]1CCCN(S(=O)(=O)c2cccs2)C1. The molecule has 0 radical (unpaired) electrons. The highest BCUT2D eigenvalue weighted by Crippen LogP contribution is 2.31. The van der Waals surface area contributed by atoms with Gasteiger partial charge in [-0.2, -0.15) is 4.31 Å². The first-order valence-corrected chi connectivity index (χ1v) is 11.6. The molecule has 1 aromatic heterocycles. The number of ether oxygens (including phenoxy) is 2. The van der Waals surface area contributed by atoms with E-state index in [1.807, 2.05) is 24.3 Å². The quantitative estimate of drug-likeness (QED) is 0.798. The lowest BCUT2D eigenvalue weighted by molar-refractivity contribution is -0.126. The molecule has 0 aliphatic carbocycles. The van der Waals surface area contributed by atoms with Gasteiger partial charge in [0, 0.05) is 13.1 Å². The second kappa shape index (κ2) is 8.10. The number of sulfonamides is 1. The maximum absolute atomic E-state index is 12.7. The minimum atomic E-state index is -3.53.